The van der Waals surface area contributed by atoms with Gasteiger partial charge in [0.25, 0.3) is 20.0 Å². The Hall–Kier alpha value is -4.15. The van der Waals surface area contributed by atoms with Gasteiger partial charge in [0.05, 0.1) is 15.5 Å². The number of aryl methyl sites for hydroxylation is 1. The van der Waals surface area contributed by atoms with Gasteiger partial charge in [0, 0.05) is 11.4 Å². The maximum Gasteiger partial charge on any atom is 0.264 e. The van der Waals surface area contributed by atoms with Crippen LogP contribution in [-0.2, 0) is 24.8 Å². The largest absolute Gasteiger partial charge is 0.325 e. The first-order chi connectivity index (χ1) is 19.0. The normalized spacial score (nSPS) is 11.7. The molecule has 1 amide bonds. The quantitative estimate of drug-likeness (QED) is 0.249. The summed E-state index contributed by atoms with van der Waals surface area (Å²) < 4.78 is 56.2. The summed E-state index contributed by atoms with van der Waals surface area (Å²) in [6.45, 7) is 5.46. The van der Waals surface area contributed by atoms with Crippen LogP contribution in [0.15, 0.2) is 113 Å². The molecule has 0 aliphatic heterocycles. The lowest BCUT2D eigenvalue weighted by Crippen LogP contribution is -2.38. The molecular weight excluding hydrogens is 546 g/mol. The first kappa shape index (κ1) is 28.8. The van der Waals surface area contributed by atoms with Crippen molar-refractivity contribution in [3.05, 3.63) is 114 Å². The Balaban J connectivity index is 1.53. The number of nitrogens with zero attached hydrogens (tertiary/aromatic N) is 1. The molecule has 10 heteroatoms. The summed E-state index contributed by atoms with van der Waals surface area (Å²) in [6, 6.07) is 27.6. The number of benzene rings is 4. The molecule has 0 unspecified atom stereocenters. The summed E-state index contributed by atoms with van der Waals surface area (Å²) in [7, 11) is -7.89. The molecule has 40 heavy (non-hydrogen) atoms. The van der Waals surface area contributed by atoms with Crippen molar-refractivity contribution in [3.63, 3.8) is 0 Å². The molecule has 0 aromatic heterocycles. The van der Waals surface area contributed by atoms with Crippen molar-refractivity contribution in [2.45, 2.75) is 36.5 Å². The van der Waals surface area contributed by atoms with Crippen LogP contribution in [0.3, 0.4) is 0 Å². The molecule has 0 saturated carbocycles. The number of carbonyl (C=O) groups excluding carboxylic acids is 1. The lowest BCUT2D eigenvalue weighted by atomic mass is 10.0. The highest BCUT2D eigenvalue weighted by Gasteiger charge is 2.27. The SMILES string of the molecule is Cc1cccc(NS(=O)(=O)c2ccc(NC(=O)CN(c3ccc(C(C)C)cc3)S(=O)(=O)c3ccccc3)cc2)c1. The number of sulfonamides is 2. The lowest BCUT2D eigenvalue weighted by Gasteiger charge is -2.24. The zero-order valence-corrected chi connectivity index (χ0v) is 24.0. The molecule has 4 rings (SSSR count). The zero-order chi connectivity index (χ0) is 28.9. The Morgan fingerprint density at radius 2 is 1.40 bits per heavy atom. The van der Waals surface area contributed by atoms with E-state index in [0.29, 0.717) is 17.1 Å². The highest BCUT2D eigenvalue weighted by Crippen LogP contribution is 2.26. The molecule has 2 N–H and O–H groups in total. The standard InChI is InChI=1S/C30H31N3O5S2/c1-22(2)24-12-16-27(17-13-24)33(40(37,38)29-10-5-4-6-11-29)21-30(34)31-25-14-18-28(19-15-25)39(35,36)32-26-9-7-8-23(3)20-26/h4-20,22,32H,21H2,1-3H3,(H,31,34). The molecule has 0 radical (unpaired) electrons. The first-order valence-electron chi connectivity index (χ1n) is 12.6. The van der Waals surface area contributed by atoms with E-state index < -0.39 is 32.5 Å². The van der Waals surface area contributed by atoms with Gasteiger partial charge >= 0.3 is 0 Å². The van der Waals surface area contributed by atoms with E-state index >= 15 is 0 Å². The van der Waals surface area contributed by atoms with Gasteiger partial charge in [0.1, 0.15) is 6.54 Å². The number of hydrogen-bond donors (Lipinski definition) is 2. The summed E-state index contributed by atoms with van der Waals surface area (Å²) in [5, 5.41) is 2.67. The van der Waals surface area contributed by atoms with Crippen molar-refractivity contribution in [2.75, 3.05) is 20.9 Å². The Morgan fingerprint density at radius 3 is 2.00 bits per heavy atom. The number of anilines is 3. The van der Waals surface area contributed by atoms with Crippen molar-refractivity contribution in [1.29, 1.82) is 0 Å². The minimum Gasteiger partial charge on any atom is -0.325 e. The third kappa shape index (κ3) is 6.88. The summed E-state index contributed by atoms with van der Waals surface area (Å²) in [4.78, 5) is 13.1. The van der Waals surface area contributed by atoms with Crippen LogP contribution in [0.4, 0.5) is 17.1 Å². The van der Waals surface area contributed by atoms with E-state index in [1.165, 1.54) is 36.4 Å². The lowest BCUT2D eigenvalue weighted by molar-refractivity contribution is -0.114. The van der Waals surface area contributed by atoms with Crippen LogP contribution in [-0.4, -0.2) is 29.3 Å². The summed E-state index contributed by atoms with van der Waals surface area (Å²) in [5.74, 6) is -0.323. The number of rotatable bonds is 10. The fourth-order valence-corrected chi connectivity index (χ4v) is 6.52. The van der Waals surface area contributed by atoms with Gasteiger partial charge in [-0.1, -0.05) is 56.3 Å². The molecule has 0 aliphatic rings. The van der Waals surface area contributed by atoms with E-state index in [1.54, 1.807) is 48.5 Å². The van der Waals surface area contributed by atoms with Crippen LogP contribution < -0.4 is 14.3 Å². The third-order valence-electron chi connectivity index (χ3n) is 6.18. The van der Waals surface area contributed by atoms with Gasteiger partial charge in [0.15, 0.2) is 0 Å². The Labute approximate surface area is 235 Å². The average molecular weight is 578 g/mol. The fourth-order valence-electron chi connectivity index (χ4n) is 4.03. The van der Waals surface area contributed by atoms with E-state index in [1.807, 2.05) is 39.0 Å². The molecule has 0 bridgehead atoms. The molecular formula is C30H31N3O5S2. The van der Waals surface area contributed by atoms with E-state index in [-0.39, 0.29) is 15.7 Å². The van der Waals surface area contributed by atoms with Crippen molar-refractivity contribution in [2.24, 2.45) is 0 Å². The van der Waals surface area contributed by atoms with Crippen LogP contribution in [0.1, 0.15) is 30.9 Å². The monoisotopic (exact) mass is 577 g/mol. The topological polar surface area (TPSA) is 113 Å². The molecule has 0 fully saturated rings. The molecule has 4 aromatic carbocycles. The third-order valence-corrected chi connectivity index (χ3v) is 9.37. The Morgan fingerprint density at radius 1 is 0.750 bits per heavy atom. The fraction of sp³-hybridized carbons (Fsp3) is 0.167. The van der Waals surface area contributed by atoms with Crippen molar-refractivity contribution in [3.8, 4) is 0 Å². The van der Waals surface area contributed by atoms with Crippen LogP contribution in [0.5, 0.6) is 0 Å². The van der Waals surface area contributed by atoms with Crippen molar-refractivity contribution < 1.29 is 21.6 Å². The van der Waals surface area contributed by atoms with Crippen LogP contribution in [0.25, 0.3) is 0 Å². The van der Waals surface area contributed by atoms with Gasteiger partial charge < -0.3 is 5.32 Å². The van der Waals surface area contributed by atoms with Crippen LogP contribution in [0, 0.1) is 6.92 Å². The molecule has 0 spiro atoms. The maximum atomic E-state index is 13.5. The molecule has 0 heterocycles. The van der Waals surface area contributed by atoms with Gasteiger partial charge in [-0.3, -0.25) is 13.8 Å². The van der Waals surface area contributed by atoms with Gasteiger partial charge in [0.2, 0.25) is 5.91 Å². The highest BCUT2D eigenvalue weighted by atomic mass is 32.2. The van der Waals surface area contributed by atoms with E-state index in [4.69, 9.17) is 0 Å². The predicted octanol–water partition coefficient (Wildman–Crippen LogP) is 5.75. The average Bonchev–Trinajstić information content (AvgIpc) is 2.92. The summed E-state index contributed by atoms with van der Waals surface area (Å²) >= 11 is 0. The summed E-state index contributed by atoms with van der Waals surface area (Å²) in [6.07, 6.45) is 0. The second-order valence-electron chi connectivity index (χ2n) is 9.62. The van der Waals surface area contributed by atoms with Gasteiger partial charge in [-0.25, -0.2) is 16.8 Å². The molecule has 8 nitrogen and oxygen atoms in total. The minimum absolute atomic E-state index is 0.0190. The van der Waals surface area contributed by atoms with Crippen LogP contribution in [0.2, 0.25) is 0 Å². The minimum atomic E-state index is -4.05. The van der Waals surface area contributed by atoms with Crippen LogP contribution >= 0.6 is 0 Å². The van der Waals surface area contributed by atoms with Gasteiger partial charge in [-0.15, -0.1) is 0 Å². The zero-order valence-electron chi connectivity index (χ0n) is 22.4. The second-order valence-corrected chi connectivity index (χ2v) is 13.2. The smallest absolute Gasteiger partial charge is 0.264 e. The van der Waals surface area contributed by atoms with E-state index in [0.717, 1.165) is 15.4 Å². The van der Waals surface area contributed by atoms with E-state index in [9.17, 15) is 21.6 Å². The Bertz CT molecular complexity index is 1690. The first-order valence-corrected chi connectivity index (χ1v) is 15.6. The van der Waals surface area contributed by atoms with E-state index in [2.05, 4.69) is 10.0 Å². The maximum absolute atomic E-state index is 13.5. The summed E-state index contributed by atoms with van der Waals surface area (Å²) in [5.41, 5.74) is 3.08. The molecule has 208 valence electrons. The molecule has 0 atom stereocenters. The Kier molecular flexibility index (Phi) is 8.61. The number of carbonyl (C=O) groups is 1. The van der Waals surface area contributed by atoms with Crippen molar-refractivity contribution in [1.82, 2.24) is 0 Å². The predicted molar refractivity (Wildman–Crippen MR) is 159 cm³/mol. The second kappa shape index (κ2) is 11.9. The highest BCUT2D eigenvalue weighted by molar-refractivity contribution is 7.93. The molecule has 0 aliphatic carbocycles. The molecule has 4 aromatic rings. The number of hydrogen-bond acceptors (Lipinski definition) is 5. The van der Waals surface area contributed by atoms with Gasteiger partial charge in [-0.2, -0.15) is 0 Å². The van der Waals surface area contributed by atoms with Crippen molar-refractivity contribution >= 4 is 43.0 Å². The number of nitrogens with one attached hydrogen (secondary N) is 2. The molecule has 0 saturated heterocycles. The number of amides is 1. The van der Waals surface area contributed by atoms with Gasteiger partial charge in [-0.05, 0) is 84.6 Å².